The van der Waals surface area contributed by atoms with Crippen LogP contribution in [0.5, 0.6) is 0 Å². The third-order valence-electron chi connectivity index (χ3n) is 6.20. The first-order valence-electron chi connectivity index (χ1n) is 13.9. The maximum Gasteiger partial charge on any atom is 0.313 e. The Morgan fingerprint density at radius 3 is 0.875 bits per heavy atom. The molecule has 0 aromatic heterocycles. The third-order valence-corrected chi connectivity index (χ3v) is 6.20. The maximum atomic E-state index is 11.8. The van der Waals surface area contributed by atoms with Crippen LogP contribution < -0.4 is 0 Å². The van der Waals surface area contributed by atoms with Crippen molar-refractivity contribution < 1.29 is 33.8 Å². The molecule has 0 fully saturated rings. The number of ether oxygens (including phenoxy) is 1. The Hall–Kier alpha value is -0.237. The number of unbranched alkanes of at least 4 members (excludes halogenated alkanes) is 20. The molecule has 0 aliphatic heterocycles. The molecule has 0 aromatic rings. The molecule has 3 nitrogen and oxygen atoms in total. The molecule has 32 heavy (non-hydrogen) atoms. The summed E-state index contributed by atoms with van der Waals surface area (Å²) in [5.74, 6) is -0.661. The van der Waals surface area contributed by atoms with E-state index < -0.39 is 0 Å². The van der Waals surface area contributed by atoms with Crippen LogP contribution >= 0.6 is 0 Å². The molecular weight excluding hydrogens is 450 g/mol. The van der Waals surface area contributed by atoms with Gasteiger partial charge in [0.05, 0.1) is 0 Å². The van der Waals surface area contributed by atoms with Crippen LogP contribution in [-0.4, -0.2) is 11.9 Å². The molecular formula is C28H54O3Zn. The van der Waals surface area contributed by atoms with Crippen LogP contribution in [0, 0.1) is 0 Å². The molecule has 0 aliphatic rings. The van der Waals surface area contributed by atoms with Gasteiger partial charge in [-0.05, 0) is 12.8 Å². The van der Waals surface area contributed by atoms with Gasteiger partial charge in [-0.25, -0.2) is 0 Å². The predicted octanol–water partition coefficient (Wildman–Crippen LogP) is 9.46. The van der Waals surface area contributed by atoms with Gasteiger partial charge in [0.15, 0.2) is 0 Å². The molecule has 0 heterocycles. The fourth-order valence-corrected chi connectivity index (χ4v) is 4.10. The Labute approximate surface area is 213 Å². The zero-order valence-electron chi connectivity index (χ0n) is 21.9. The van der Waals surface area contributed by atoms with Crippen LogP contribution in [0.1, 0.15) is 168 Å². The fourth-order valence-electron chi connectivity index (χ4n) is 4.10. The van der Waals surface area contributed by atoms with E-state index in [1.165, 1.54) is 116 Å². The molecule has 0 unspecified atom stereocenters. The molecule has 186 valence electrons. The van der Waals surface area contributed by atoms with Crippen molar-refractivity contribution in [2.24, 2.45) is 0 Å². The number of esters is 2. The summed E-state index contributed by atoms with van der Waals surface area (Å²) in [6.45, 7) is 4.50. The number of hydrogen-bond donors (Lipinski definition) is 0. The summed E-state index contributed by atoms with van der Waals surface area (Å²) in [5, 5.41) is 0. The van der Waals surface area contributed by atoms with Gasteiger partial charge in [-0.1, -0.05) is 142 Å². The van der Waals surface area contributed by atoms with E-state index in [9.17, 15) is 9.59 Å². The van der Waals surface area contributed by atoms with E-state index >= 15 is 0 Å². The number of carbonyl (C=O) groups is 2. The van der Waals surface area contributed by atoms with Crippen molar-refractivity contribution >= 4 is 11.9 Å². The monoisotopic (exact) mass is 502 g/mol. The van der Waals surface area contributed by atoms with Gasteiger partial charge in [-0.3, -0.25) is 9.59 Å². The van der Waals surface area contributed by atoms with Crippen molar-refractivity contribution in [1.29, 1.82) is 0 Å². The van der Waals surface area contributed by atoms with E-state index in [1.807, 2.05) is 0 Å². The fraction of sp³-hybridized carbons (Fsp3) is 0.929. The van der Waals surface area contributed by atoms with E-state index in [0.29, 0.717) is 12.8 Å². The Morgan fingerprint density at radius 2 is 0.625 bits per heavy atom. The van der Waals surface area contributed by atoms with E-state index in [0.717, 1.165) is 25.7 Å². The summed E-state index contributed by atoms with van der Waals surface area (Å²) in [6.07, 6.45) is 28.5. The minimum Gasteiger partial charge on any atom is -0.393 e. The van der Waals surface area contributed by atoms with Gasteiger partial charge in [0.25, 0.3) is 0 Å². The summed E-state index contributed by atoms with van der Waals surface area (Å²) >= 11 is 0. The van der Waals surface area contributed by atoms with Crippen molar-refractivity contribution in [3.05, 3.63) is 0 Å². The van der Waals surface area contributed by atoms with Crippen LogP contribution in [0.4, 0.5) is 0 Å². The SMILES string of the molecule is CCCCCCCCCCCCCCCC(=O)OC(=O)CCCCCCCCCCC.[Zn]. The van der Waals surface area contributed by atoms with Gasteiger partial charge in [-0.15, -0.1) is 0 Å². The van der Waals surface area contributed by atoms with Crippen LogP contribution in [0.3, 0.4) is 0 Å². The molecule has 0 bridgehead atoms. The first kappa shape index (κ1) is 33.9. The van der Waals surface area contributed by atoms with Gasteiger partial charge in [0, 0.05) is 32.3 Å². The Bertz CT molecular complexity index is 398. The zero-order valence-corrected chi connectivity index (χ0v) is 24.9. The van der Waals surface area contributed by atoms with Crippen LogP contribution in [0.2, 0.25) is 0 Å². The summed E-state index contributed by atoms with van der Waals surface area (Å²) in [4.78, 5) is 23.5. The first-order chi connectivity index (χ1) is 15.2. The van der Waals surface area contributed by atoms with Crippen molar-refractivity contribution in [2.75, 3.05) is 0 Å². The Morgan fingerprint density at radius 1 is 0.406 bits per heavy atom. The molecule has 0 amide bonds. The first-order valence-corrected chi connectivity index (χ1v) is 13.9. The molecule has 0 spiro atoms. The number of hydrogen-bond acceptors (Lipinski definition) is 3. The van der Waals surface area contributed by atoms with Gasteiger partial charge in [-0.2, -0.15) is 0 Å². The van der Waals surface area contributed by atoms with Gasteiger partial charge in [0.2, 0.25) is 0 Å². The minimum atomic E-state index is -0.331. The smallest absolute Gasteiger partial charge is 0.313 e. The van der Waals surface area contributed by atoms with Crippen molar-refractivity contribution in [3.8, 4) is 0 Å². The summed E-state index contributed by atoms with van der Waals surface area (Å²) < 4.78 is 4.95. The summed E-state index contributed by atoms with van der Waals surface area (Å²) in [5.41, 5.74) is 0. The second kappa shape index (κ2) is 28.8. The standard InChI is InChI=1S/C28H54O3.Zn/c1-3-5-7-9-11-13-14-15-16-18-20-22-24-26-28(30)31-27(29)25-23-21-19-17-12-10-8-6-4-2;/h3-26H2,1-2H3;. The van der Waals surface area contributed by atoms with Crippen LogP contribution in [0.25, 0.3) is 0 Å². The second-order valence-electron chi connectivity index (χ2n) is 9.42. The molecule has 0 rings (SSSR count). The molecule has 0 saturated heterocycles. The van der Waals surface area contributed by atoms with E-state index in [1.54, 1.807) is 0 Å². The molecule has 0 radical (unpaired) electrons. The third kappa shape index (κ3) is 27.8. The molecule has 0 N–H and O–H groups in total. The molecule has 0 aliphatic carbocycles. The Kier molecular flexibility index (Phi) is 30.5. The number of carbonyl (C=O) groups excluding carboxylic acids is 2. The molecule has 4 heteroatoms. The van der Waals surface area contributed by atoms with Crippen LogP contribution in [0.15, 0.2) is 0 Å². The second-order valence-corrected chi connectivity index (χ2v) is 9.42. The molecule has 0 aromatic carbocycles. The summed E-state index contributed by atoms with van der Waals surface area (Å²) in [7, 11) is 0. The Balaban J connectivity index is 0. The van der Waals surface area contributed by atoms with Crippen molar-refractivity contribution in [1.82, 2.24) is 0 Å². The number of rotatable bonds is 24. The predicted molar refractivity (Wildman–Crippen MR) is 133 cm³/mol. The maximum absolute atomic E-state index is 11.8. The average Bonchev–Trinajstić information content (AvgIpc) is 2.75. The van der Waals surface area contributed by atoms with Crippen molar-refractivity contribution in [2.45, 2.75) is 168 Å². The normalized spacial score (nSPS) is 10.7. The van der Waals surface area contributed by atoms with Gasteiger partial charge < -0.3 is 4.74 Å². The van der Waals surface area contributed by atoms with E-state index in [4.69, 9.17) is 4.74 Å². The van der Waals surface area contributed by atoms with E-state index in [-0.39, 0.29) is 31.4 Å². The van der Waals surface area contributed by atoms with Gasteiger partial charge in [0.1, 0.15) is 0 Å². The molecule has 0 atom stereocenters. The van der Waals surface area contributed by atoms with E-state index in [2.05, 4.69) is 13.8 Å². The van der Waals surface area contributed by atoms with Crippen LogP contribution in [-0.2, 0) is 33.8 Å². The summed E-state index contributed by atoms with van der Waals surface area (Å²) in [6, 6.07) is 0. The van der Waals surface area contributed by atoms with Gasteiger partial charge >= 0.3 is 11.9 Å². The largest absolute Gasteiger partial charge is 0.393 e. The molecule has 0 saturated carbocycles. The average molecular weight is 504 g/mol. The van der Waals surface area contributed by atoms with Crippen molar-refractivity contribution in [3.63, 3.8) is 0 Å². The quantitative estimate of drug-likeness (QED) is 0.0569. The zero-order chi connectivity index (χ0) is 22.8. The minimum absolute atomic E-state index is 0. The topological polar surface area (TPSA) is 43.4 Å².